The van der Waals surface area contributed by atoms with Gasteiger partial charge in [-0.05, 0) is 44.7 Å². The van der Waals surface area contributed by atoms with Gasteiger partial charge in [-0.1, -0.05) is 6.07 Å². The van der Waals surface area contributed by atoms with Gasteiger partial charge in [0.1, 0.15) is 17.3 Å². The number of aryl methyl sites for hydroxylation is 1. The SMILES string of the molecule is Cc1cn2nc([C@@H]3CCCCN3C(=O)c3cccc(N)n3)cc2nc1N1CC[C@H](N)C1. The minimum absolute atomic E-state index is 0.102. The Morgan fingerprint density at radius 1 is 1.16 bits per heavy atom. The lowest BCUT2D eigenvalue weighted by molar-refractivity contribution is 0.0599. The summed E-state index contributed by atoms with van der Waals surface area (Å²) in [6.45, 7) is 4.47. The minimum atomic E-state index is -0.107. The van der Waals surface area contributed by atoms with Crippen LogP contribution in [0.2, 0.25) is 0 Å². The summed E-state index contributed by atoms with van der Waals surface area (Å²) < 4.78 is 1.82. The second-order valence-electron chi connectivity index (χ2n) is 8.57. The van der Waals surface area contributed by atoms with Gasteiger partial charge in [0.25, 0.3) is 5.91 Å². The highest BCUT2D eigenvalue weighted by atomic mass is 16.2. The molecule has 2 atom stereocenters. The maximum absolute atomic E-state index is 13.2. The second kappa shape index (κ2) is 7.81. The fourth-order valence-corrected chi connectivity index (χ4v) is 4.68. The lowest BCUT2D eigenvalue weighted by atomic mass is 9.99. The monoisotopic (exact) mass is 420 g/mol. The topological polar surface area (TPSA) is 119 Å². The highest BCUT2D eigenvalue weighted by Crippen LogP contribution is 2.32. The highest BCUT2D eigenvalue weighted by Gasteiger charge is 2.31. The van der Waals surface area contributed by atoms with E-state index in [1.54, 1.807) is 18.2 Å². The molecule has 9 heteroatoms. The summed E-state index contributed by atoms with van der Waals surface area (Å²) in [5, 5.41) is 4.80. The molecule has 0 aliphatic carbocycles. The molecule has 0 saturated carbocycles. The molecule has 0 unspecified atom stereocenters. The van der Waals surface area contributed by atoms with Crippen LogP contribution < -0.4 is 16.4 Å². The molecule has 0 bridgehead atoms. The van der Waals surface area contributed by atoms with Crippen molar-refractivity contribution in [3.05, 3.63) is 47.4 Å². The number of anilines is 2. The van der Waals surface area contributed by atoms with Gasteiger partial charge in [-0.2, -0.15) is 5.10 Å². The molecule has 4 N–H and O–H groups in total. The van der Waals surface area contributed by atoms with Crippen molar-refractivity contribution in [1.29, 1.82) is 0 Å². The lowest BCUT2D eigenvalue weighted by Crippen LogP contribution is -2.39. The van der Waals surface area contributed by atoms with Gasteiger partial charge in [0.05, 0.1) is 11.7 Å². The number of likely N-dealkylation sites (tertiary alicyclic amines) is 1. The first-order valence-corrected chi connectivity index (χ1v) is 10.9. The zero-order valence-electron chi connectivity index (χ0n) is 17.7. The number of carbonyl (C=O) groups excluding carboxylic acids is 1. The molecule has 0 spiro atoms. The van der Waals surface area contributed by atoms with Crippen molar-refractivity contribution in [1.82, 2.24) is 24.5 Å². The van der Waals surface area contributed by atoms with Crippen molar-refractivity contribution >= 4 is 23.2 Å². The van der Waals surface area contributed by atoms with Crippen molar-refractivity contribution < 1.29 is 4.79 Å². The Labute approximate surface area is 181 Å². The molecule has 5 heterocycles. The van der Waals surface area contributed by atoms with E-state index in [-0.39, 0.29) is 18.0 Å². The van der Waals surface area contributed by atoms with Gasteiger partial charge < -0.3 is 21.3 Å². The van der Waals surface area contributed by atoms with Crippen LogP contribution in [0.1, 0.15) is 53.5 Å². The lowest BCUT2D eigenvalue weighted by Gasteiger charge is -2.34. The number of piperidine rings is 1. The number of hydrogen-bond donors (Lipinski definition) is 2. The molecule has 3 aromatic heterocycles. The predicted octanol–water partition coefficient (Wildman–Crippen LogP) is 1.92. The molecule has 0 aromatic carbocycles. The highest BCUT2D eigenvalue weighted by molar-refractivity contribution is 5.93. The molecule has 2 fully saturated rings. The van der Waals surface area contributed by atoms with Crippen LogP contribution in [0.15, 0.2) is 30.5 Å². The number of amides is 1. The van der Waals surface area contributed by atoms with E-state index in [2.05, 4.69) is 16.8 Å². The average Bonchev–Trinajstić information content (AvgIpc) is 3.38. The molecular weight excluding hydrogens is 392 g/mol. The molecule has 2 aliphatic heterocycles. The standard InChI is InChI=1S/C22H28N8O/c1-14-12-30-20(26-21(14)28-10-8-15(23)13-28)11-17(27-30)18-6-2-3-9-29(18)22(31)16-5-4-7-19(24)25-16/h4-5,7,11-12,15,18H,2-3,6,8-10,13,23H2,1H3,(H2,24,25)/t15-,18-/m0/s1. The van der Waals surface area contributed by atoms with Crippen molar-refractivity contribution in [3.63, 3.8) is 0 Å². The smallest absolute Gasteiger partial charge is 0.273 e. The molecule has 9 nitrogen and oxygen atoms in total. The third kappa shape index (κ3) is 3.69. The van der Waals surface area contributed by atoms with Crippen molar-refractivity contribution in [2.24, 2.45) is 5.73 Å². The van der Waals surface area contributed by atoms with Gasteiger partial charge in [0.15, 0.2) is 5.65 Å². The predicted molar refractivity (Wildman–Crippen MR) is 119 cm³/mol. The summed E-state index contributed by atoms with van der Waals surface area (Å²) in [6.07, 6.45) is 5.88. The van der Waals surface area contributed by atoms with Crippen LogP contribution in [-0.2, 0) is 0 Å². The Morgan fingerprint density at radius 3 is 2.81 bits per heavy atom. The number of nitrogens with zero attached hydrogens (tertiary/aromatic N) is 6. The van der Waals surface area contributed by atoms with Crippen LogP contribution >= 0.6 is 0 Å². The number of rotatable bonds is 3. The molecule has 5 rings (SSSR count). The number of pyridine rings is 1. The first kappa shape index (κ1) is 19.7. The number of nitrogen functional groups attached to an aromatic ring is 1. The summed E-state index contributed by atoms with van der Waals surface area (Å²) in [4.78, 5) is 26.4. The molecular formula is C22H28N8O. The largest absolute Gasteiger partial charge is 0.384 e. The van der Waals surface area contributed by atoms with E-state index in [1.807, 2.05) is 21.7 Å². The van der Waals surface area contributed by atoms with E-state index in [9.17, 15) is 4.79 Å². The van der Waals surface area contributed by atoms with E-state index in [1.165, 1.54) is 0 Å². The summed E-state index contributed by atoms with van der Waals surface area (Å²) >= 11 is 0. The van der Waals surface area contributed by atoms with Crippen LogP contribution in [0.3, 0.4) is 0 Å². The summed E-state index contributed by atoms with van der Waals surface area (Å²) in [6, 6.07) is 7.26. The molecule has 2 aliphatic rings. The summed E-state index contributed by atoms with van der Waals surface area (Å²) in [5.41, 5.74) is 15.0. The zero-order chi connectivity index (χ0) is 21.5. The van der Waals surface area contributed by atoms with Gasteiger partial charge in [-0.25, -0.2) is 14.5 Å². The van der Waals surface area contributed by atoms with E-state index >= 15 is 0 Å². The van der Waals surface area contributed by atoms with E-state index < -0.39 is 0 Å². The molecule has 3 aromatic rings. The van der Waals surface area contributed by atoms with Crippen LogP contribution in [0, 0.1) is 6.92 Å². The van der Waals surface area contributed by atoms with Crippen LogP contribution in [0.5, 0.6) is 0 Å². The normalized spacial score (nSPS) is 21.7. The fraction of sp³-hybridized carbons (Fsp3) is 0.455. The van der Waals surface area contributed by atoms with Gasteiger partial charge in [0, 0.05) is 43.5 Å². The number of fused-ring (bicyclic) bond motifs is 1. The number of nitrogens with two attached hydrogens (primary N) is 2. The quantitative estimate of drug-likeness (QED) is 0.664. The molecule has 162 valence electrons. The van der Waals surface area contributed by atoms with Gasteiger partial charge in [-0.15, -0.1) is 0 Å². The van der Waals surface area contributed by atoms with Crippen LogP contribution in [0.4, 0.5) is 11.6 Å². The minimum Gasteiger partial charge on any atom is -0.384 e. The number of aromatic nitrogens is 4. The second-order valence-corrected chi connectivity index (χ2v) is 8.57. The van der Waals surface area contributed by atoms with Gasteiger partial charge >= 0.3 is 0 Å². The van der Waals surface area contributed by atoms with Gasteiger partial charge in [-0.3, -0.25) is 4.79 Å². The Morgan fingerprint density at radius 2 is 2.03 bits per heavy atom. The number of hydrogen-bond acceptors (Lipinski definition) is 7. The Kier molecular flexibility index (Phi) is 4.97. The molecule has 0 radical (unpaired) electrons. The third-order valence-corrected chi connectivity index (χ3v) is 6.24. The van der Waals surface area contributed by atoms with E-state index in [0.717, 1.165) is 61.5 Å². The van der Waals surface area contributed by atoms with Crippen LogP contribution in [0.25, 0.3) is 5.65 Å². The molecule has 31 heavy (non-hydrogen) atoms. The van der Waals surface area contributed by atoms with Crippen LogP contribution in [-0.4, -0.2) is 56.1 Å². The first-order chi connectivity index (χ1) is 15.0. The van der Waals surface area contributed by atoms with Gasteiger partial charge in [0.2, 0.25) is 0 Å². The van der Waals surface area contributed by atoms with E-state index in [0.29, 0.717) is 18.1 Å². The Hall–Kier alpha value is -3.20. The average molecular weight is 421 g/mol. The van der Waals surface area contributed by atoms with Crippen molar-refractivity contribution in [2.75, 3.05) is 30.3 Å². The third-order valence-electron chi connectivity index (χ3n) is 6.24. The fourth-order valence-electron chi connectivity index (χ4n) is 4.68. The first-order valence-electron chi connectivity index (χ1n) is 10.9. The molecule has 2 saturated heterocycles. The van der Waals surface area contributed by atoms with Crippen molar-refractivity contribution in [2.45, 2.75) is 44.7 Å². The Bertz CT molecular complexity index is 1130. The molecule has 1 amide bonds. The number of carbonyl (C=O) groups is 1. The maximum atomic E-state index is 13.2. The Balaban J connectivity index is 1.47. The summed E-state index contributed by atoms with van der Waals surface area (Å²) in [7, 11) is 0. The van der Waals surface area contributed by atoms with Crippen molar-refractivity contribution in [3.8, 4) is 0 Å². The zero-order valence-corrected chi connectivity index (χ0v) is 17.7. The maximum Gasteiger partial charge on any atom is 0.273 e. The van der Waals surface area contributed by atoms with E-state index in [4.69, 9.17) is 21.5 Å². The summed E-state index contributed by atoms with van der Waals surface area (Å²) in [5.74, 6) is 1.21.